The first-order valence-corrected chi connectivity index (χ1v) is 9.90. The summed E-state index contributed by atoms with van der Waals surface area (Å²) in [6, 6.07) is 10.2. The zero-order chi connectivity index (χ0) is 22.5. The second-order valence-electron chi connectivity index (χ2n) is 7.19. The number of benzene rings is 2. The van der Waals surface area contributed by atoms with Crippen LogP contribution in [-0.4, -0.2) is 65.4 Å². The molecule has 1 aliphatic rings. The summed E-state index contributed by atoms with van der Waals surface area (Å²) < 4.78 is 21.1. The molecule has 2 aromatic rings. The molecule has 8 nitrogen and oxygen atoms in total. The molecular formula is C23H28N2O6. The van der Waals surface area contributed by atoms with Gasteiger partial charge in [0.2, 0.25) is 5.91 Å². The minimum absolute atomic E-state index is 0.197. The van der Waals surface area contributed by atoms with Crippen LogP contribution >= 0.6 is 0 Å². The van der Waals surface area contributed by atoms with Crippen LogP contribution in [0, 0.1) is 0 Å². The Kier molecular flexibility index (Phi) is 7.02. The van der Waals surface area contributed by atoms with Gasteiger partial charge in [-0.15, -0.1) is 0 Å². The van der Waals surface area contributed by atoms with E-state index in [0.29, 0.717) is 41.5 Å². The summed E-state index contributed by atoms with van der Waals surface area (Å²) in [6.45, 7) is 0.751. The number of methoxy groups -OCH3 is 4. The molecule has 2 atom stereocenters. The molecule has 0 saturated heterocycles. The van der Waals surface area contributed by atoms with Gasteiger partial charge >= 0.3 is 0 Å². The minimum atomic E-state index is -0.650. The molecular weight excluding hydrogens is 400 g/mol. The van der Waals surface area contributed by atoms with Gasteiger partial charge in [-0.1, -0.05) is 12.1 Å². The lowest BCUT2D eigenvalue weighted by atomic mass is 9.79. The largest absolute Gasteiger partial charge is 0.497 e. The molecule has 166 valence electrons. The molecule has 1 aliphatic heterocycles. The molecule has 2 aromatic carbocycles. The van der Waals surface area contributed by atoms with E-state index in [4.69, 9.17) is 18.9 Å². The van der Waals surface area contributed by atoms with Crippen LogP contribution in [0.2, 0.25) is 0 Å². The number of hydrogen-bond acceptors (Lipinski definition) is 6. The average molecular weight is 428 g/mol. The number of amides is 2. The number of hydrogen-bond donors (Lipinski definition) is 1. The van der Waals surface area contributed by atoms with Crippen molar-refractivity contribution in [1.82, 2.24) is 10.2 Å². The third-order valence-corrected chi connectivity index (χ3v) is 5.52. The van der Waals surface area contributed by atoms with Crippen molar-refractivity contribution in [3.05, 3.63) is 53.1 Å². The fourth-order valence-corrected chi connectivity index (χ4v) is 3.94. The molecule has 0 aliphatic carbocycles. The number of nitrogens with zero attached hydrogens (tertiary/aromatic N) is 1. The molecule has 0 saturated carbocycles. The quantitative estimate of drug-likeness (QED) is 0.650. The number of likely N-dealkylation sites (N-methyl/N-ethyl adjacent to an activating group) is 1. The topological polar surface area (TPSA) is 86.3 Å². The van der Waals surface area contributed by atoms with Gasteiger partial charge in [-0.25, -0.2) is 0 Å². The van der Waals surface area contributed by atoms with Crippen molar-refractivity contribution >= 4 is 11.8 Å². The highest BCUT2D eigenvalue weighted by atomic mass is 16.5. The van der Waals surface area contributed by atoms with Crippen molar-refractivity contribution in [2.45, 2.75) is 12.0 Å². The maximum absolute atomic E-state index is 13.3. The van der Waals surface area contributed by atoms with Crippen LogP contribution in [0.1, 0.15) is 33.4 Å². The Morgan fingerprint density at radius 1 is 1.00 bits per heavy atom. The van der Waals surface area contributed by atoms with Crippen LogP contribution in [0.5, 0.6) is 17.2 Å². The lowest BCUT2D eigenvalue weighted by Gasteiger charge is -2.40. The van der Waals surface area contributed by atoms with Gasteiger partial charge in [0.25, 0.3) is 5.91 Å². The van der Waals surface area contributed by atoms with Crippen LogP contribution in [0.25, 0.3) is 0 Å². The second-order valence-corrected chi connectivity index (χ2v) is 7.19. The molecule has 1 N–H and O–H groups in total. The molecule has 8 heteroatoms. The average Bonchev–Trinajstić information content (AvgIpc) is 2.80. The van der Waals surface area contributed by atoms with Crippen molar-refractivity contribution < 1.29 is 28.5 Å². The maximum Gasteiger partial charge on any atom is 0.254 e. The Hall–Kier alpha value is -3.26. The predicted molar refractivity (Wildman–Crippen MR) is 115 cm³/mol. The van der Waals surface area contributed by atoms with E-state index in [1.54, 1.807) is 38.3 Å². The first kappa shape index (κ1) is 22.4. The highest BCUT2D eigenvalue weighted by Gasteiger charge is 2.43. The molecule has 1 heterocycles. The van der Waals surface area contributed by atoms with Gasteiger partial charge < -0.3 is 29.2 Å². The number of ether oxygens (including phenoxy) is 4. The van der Waals surface area contributed by atoms with Crippen LogP contribution in [-0.2, 0) is 9.53 Å². The Morgan fingerprint density at radius 2 is 1.65 bits per heavy atom. The van der Waals surface area contributed by atoms with Crippen LogP contribution < -0.4 is 19.5 Å². The summed E-state index contributed by atoms with van der Waals surface area (Å²) in [7, 11) is 7.90. The van der Waals surface area contributed by atoms with E-state index in [1.165, 1.54) is 14.2 Å². The predicted octanol–water partition coefficient (Wildman–Crippen LogP) is 2.39. The van der Waals surface area contributed by atoms with E-state index < -0.39 is 12.0 Å². The lowest BCUT2D eigenvalue weighted by Crippen LogP contribution is -2.46. The zero-order valence-electron chi connectivity index (χ0n) is 18.4. The van der Waals surface area contributed by atoms with Gasteiger partial charge in [-0.05, 0) is 35.4 Å². The molecule has 0 radical (unpaired) electrons. The van der Waals surface area contributed by atoms with E-state index >= 15 is 0 Å². The van der Waals surface area contributed by atoms with Gasteiger partial charge in [-0.3, -0.25) is 9.59 Å². The summed E-state index contributed by atoms with van der Waals surface area (Å²) in [6.07, 6.45) is 0. The summed E-state index contributed by atoms with van der Waals surface area (Å²) in [5.41, 5.74) is 1.83. The fourth-order valence-electron chi connectivity index (χ4n) is 3.94. The Morgan fingerprint density at radius 3 is 2.23 bits per heavy atom. The molecule has 0 spiro atoms. The van der Waals surface area contributed by atoms with Gasteiger partial charge in [0.15, 0.2) is 11.5 Å². The Bertz CT molecular complexity index is 944. The highest BCUT2D eigenvalue weighted by molar-refractivity contribution is 6.02. The van der Waals surface area contributed by atoms with Crippen LogP contribution in [0.3, 0.4) is 0 Å². The van der Waals surface area contributed by atoms with Crippen LogP contribution in [0.4, 0.5) is 0 Å². The second kappa shape index (κ2) is 9.70. The van der Waals surface area contributed by atoms with Crippen molar-refractivity contribution in [2.75, 3.05) is 48.6 Å². The van der Waals surface area contributed by atoms with Gasteiger partial charge in [0, 0.05) is 26.3 Å². The number of carbonyl (C=O) groups is 2. The maximum atomic E-state index is 13.3. The normalized spacial score (nSPS) is 17.7. The number of nitrogens with one attached hydrogen (secondary N) is 1. The van der Waals surface area contributed by atoms with Crippen molar-refractivity contribution in [1.29, 1.82) is 0 Å². The van der Waals surface area contributed by atoms with Crippen LogP contribution in [0.15, 0.2) is 36.4 Å². The number of carbonyl (C=O) groups excluding carboxylic acids is 2. The number of fused-ring (bicyclic) bond motifs is 1. The van der Waals surface area contributed by atoms with Gasteiger partial charge in [0.1, 0.15) is 5.75 Å². The van der Waals surface area contributed by atoms with E-state index in [2.05, 4.69) is 5.32 Å². The summed E-state index contributed by atoms with van der Waals surface area (Å²) in [5, 5.41) is 2.92. The monoisotopic (exact) mass is 428 g/mol. The van der Waals surface area contributed by atoms with Gasteiger partial charge in [0.05, 0.1) is 39.9 Å². The number of rotatable bonds is 8. The van der Waals surface area contributed by atoms with Crippen molar-refractivity contribution in [3.8, 4) is 17.2 Å². The summed E-state index contributed by atoms with van der Waals surface area (Å²) in [4.78, 5) is 28.2. The third-order valence-electron chi connectivity index (χ3n) is 5.52. The lowest BCUT2D eigenvalue weighted by molar-refractivity contribution is -0.124. The van der Waals surface area contributed by atoms with Crippen molar-refractivity contribution in [3.63, 3.8) is 0 Å². The molecule has 2 amide bonds. The summed E-state index contributed by atoms with van der Waals surface area (Å²) >= 11 is 0. The SMILES string of the molecule is COCCNC(=O)[C@@H]1c2cc(OC)c(OC)cc2C(=O)N(C)[C@H]1c1ccc(OC)cc1. The molecule has 0 bridgehead atoms. The molecule has 0 aromatic heterocycles. The third kappa shape index (κ3) is 4.29. The Labute approximate surface area is 182 Å². The standard InChI is InChI=1S/C23H28N2O6/c1-25-21(14-6-8-15(29-3)9-7-14)20(22(26)24-10-11-28-2)16-12-18(30-4)19(31-5)13-17(16)23(25)27/h6-9,12-13,20-21H,10-11H2,1-5H3,(H,24,26)/t20-,21+/m1/s1. The first-order chi connectivity index (χ1) is 15.0. The smallest absolute Gasteiger partial charge is 0.254 e. The van der Waals surface area contributed by atoms with E-state index in [0.717, 1.165) is 5.56 Å². The van der Waals surface area contributed by atoms with E-state index in [-0.39, 0.29) is 11.8 Å². The minimum Gasteiger partial charge on any atom is -0.497 e. The first-order valence-electron chi connectivity index (χ1n) is 9.90. The Balaban J connectivity index is 2.15. The van der Waals surface area contributed by atoms with Crippen molar-refractivity contribution in [2.24, 2.45) is 0 Å². The zero-order valence-corrected chi connectivity index (χ0v) is 18.4. The summed E-state index contributed by atoms with van der Waals surface area (Å²) in [5.74, 6) is 0.541. The van der Waals surface area contributed by atoms with Gasteiger partial charge in [-0.2, -0.15) is 0 Å². The molecule has 31 heavy (non-hydrogen) atoms. The molecule has 0 fully saturated rings. The fraction of sp³-hybridized carbons (Fsp3) is 0.391. The van der Waals surface area contributed by atoms with E-state index in [9.17, 15) is 9.59 Å². The molecule has 3 rings (SSSR count). The molecule has 0 unspecified atom stereocenters. The van der Waals surface area contributed by atoms with E-state index in [1.807, 2.05) is 24.3 Å². The highest BCUT2D eigenvalue weighted by Crippen LogP contribution is 2.45.